The number of aryl methyl sites for hydroxylation is 2. The highest BCUT2D eigenvalue weighted by Gasteiger charge is 2.32. The van der Waals surface area contributed by atoms with Gasteiger partial charge in [0, 0.05) is 17.8 Å². The van der Waals surface area contributed by atoms with E-state index in [2.05, 4.69) is 25.6 Å². The molecule has 0 radical (unpaired) electrons. The van der Waals surface area contributed by atoms with Gasteiger partial charge in [-0.25, -0.2) is 14.4 Å². The molecule has 9 nitrogen and oxygen atoms in total. The van der Waals surface area contributed by atoms with E-state index in [0.717, 1.165) is 12.8 Å². The number of hydrogen-bond donors (Lipinski definition) is 4. The van der Waals surface area contributed by atoms with Gasteiger partial charge < -0.3 is 25.5 Å². The van der Waals surface area contributed by atoms with Crippen molar-refractivity contribution in [3.63, 3.8) is 0 Å². The summed E-state index contributed by atoms with van der Waals surface area (Å²) < 4.78 is 21.5. The maximum atomic E-state index is 15.5. The number of aromatic nitrogens is 3. The van der Waals surface area contributed by atoms with Crippen LogP contribution in [-0.2, 0) is 4.79 Å². The molecule has 2 saturated carbocycles. The molecule has 0 spiro atoms. The van der Waals surface area contributed by atoms with Gasteiger partial charge in [-0.2, -0.15) is 0 Å². The number of benzene rings is 1. The Kier molecular flexibility index (Phi) is 7.57. The van der Waals surface area contributed by atoms with Crippen LogP contribution in [0.25, 0.3) is 22.3 Å². The van der Waals surface area contributed by atoms with Crippen molar-refractivity contribution in [2.24, 2.45) is 11.8 Å². The van der Waals surface area contributed by atoms with Crippen molar-refractivity contribution in [2.45, 2.75) is 78.0 Å². The molecule has 2 heterocycles. The van der Waals surface area contributed by atoms with Crippen molar-refractivity contribution in [3.8, 4) is 17.0 Å². The summed E-state index contributed by atoms with van der Waals surface area (Å²) in [6.45, 7) is 7.51. The number of hydrogen-bond acceptors (Lipinski definition) is 6. The van der Waals surface area contributed by atoms with Gasteiger partial charge in [-0.15, -0.1) is 0 Å². The number of ether oxygens (including phenoxy) is 1. The Morgan fingerprint density at radius 2 is 1.95 bits per heavy atom. The van der Waals surface area contributed by atoms with Crippen LogP contribution in [0.4, 0.5) is 4.39 Å². The van der Waals surface area contributed by atoms with E-state index < -0.39 is 11.9 Å². The zero-order chi connectivity index (χ0) is 27.8. The van der Waals surface area contributed by atoms with Crippen molar-refractivity contribution in [1.29, 1.82) is 0 Å². The van der Waals surface area contributed by atoms with E-state index in [1.165, 1.54) is 13.3 Å². The zero-order valence-corrected chi connectivity index (χ0v) is 22.8. The monoisotopic (exact) mass is 537 g/mol. The minimum atomic E-state index is -1.05. The number of nitrogens with one attached hydrogen (secondary N) is 3. The summed E-state index contributed by atoms with van der Waals surface area (Å²) in [6.07, 6.45) is 4.62. The molecule has 2 aliphatic carbocycles. The second kappa shape index (κ2) is 10.9. The number of halogens is 1. The largest absolute Gasteiger partial charge is 0.492 e. The van der Waals surface area contributed by atoms with Crippen LogP contribution in [0.15, 0.2) is 18.5 Å². The molecule has 1 aromatic carbocycles. The Bertz CT molecular complexity index is 1400. The third kappa shape index (κ3) is 5.61. The van der Waals surface area contributed by atoms with E-state index >= 15 is 4.39 Å². The fraction of sp³-hybridized carbons (Fsp3) is 0.517. The van der Waals surface area contributed by atoms with Gasteiger partial charge in [0.15, 0.2) is 0 Å². The van der Waals surface area contributed by atoms with Gasteiger partial charge in [0.05, 0.1) is 23.3 Å². The second-order valence-electron chi connectivity index (χ2n) is 11.1. The number of aromatic amines is 1. The van der Waals surface area contributed by atoms with Gasteiger partial charge in [0.25, 0.3) is 5.91 Å². The molecular weight excluding hydrogens is 501 g/mol. The fourth-order valence-electron chi connectivity index (χ4n) is 5.39. The maximum absolute atomic E-state index is 15.5. The summed E-state index contributed by atoms with van der Waals surface area (Å²) in [7, 11) is 0. The normalized spacial score (nSPS) is 21.9. The van der Waals surface area contributed by atoms with Crippen molar-refractivity contribution in [3.05, 3.63) is 41.1 Å². The molecule has 2 fully saturated rings. The second-order valence-corrected chi connectivity index (χ2v) is 11.1. The SMILES string of the molecule is Cc1ccc(OCC2CC2)c(-c2ncnc3c(C(=O)N[C@@H]4CC[C@H](NC(=O)[C@H](C)O)C[C@H]4C)c(C)[nH]c23)c1F. The van der Waals surface area contributed by atoms with E-state index in [0.29, 0.717) is 71.1 Å². The first kappa shape index (κ1) is 27.1. The first-order chi connectivity index (χ1) is 18.6. The Morgan fingerprint density at radius 1 is 1.18 bits per heavy atom. The van der Waals surface area contributed by atoms with E-state index in [-0.39, 0.29) is 35.4 Å². The minimum absolute atomic E-state index is 0.0408. The smallest absolute Gasteiger partial charge is 0.255 e. The van der Waals surface area contributed by atoms with Gasteiger partial charge in [0.2, 0.25) is 5.91 Å². The Hall–Kier alpha value is -3.53. The first-order valence-corrected chi connectivity index (χ1v) is 13.7. The number of rotatable bonds is 8. The number of fused-ring (bicyclic) bond motifs is 1. The number of H-pyrrole nitrogens is 1. The third-order valence-electron chi connectivity index (χ3n) is 7.92. The highest BCUT2D eigenvalue weighted by atomic mass is 19.1. The average molecular weight is 538 g/mol. The maximum Gasteiger partial charge on any atom is 0.255 e. The molecule has 2 amide bonds. The van der Waals surface area contributed by atoms with Crippen LogP contribution < -0.4 is 15.4 Å². The quantitative estimate of drug-likeness (QED) is 0.344. The predicted octanol–water partition coefficient (Wildman–Crippen LogP) is 3.95. The molecule has 10 heteroatoms. The molecule has 0 aliphatic heterocycles. The Labute approximate surface area is 227 Å². The van der Waals surface area contributed by atoms with Crippen LogP contribution in [0.1, 0.15) is 67.6 Å². The molecule has 39 heavy (non-hydrogen) atoms. The van der Waals surface area contributed by atoms with E-state index in [1.807, 2.05) is 6.92 Å². The van der Waals surface area contributed by atoms with E-state index in [9.17, 15) is 14.7 Å². The van der Waals surface area contributed by atoms with Crippen molar-refractivity contribution in [1.82, 2.24) is 25.6 Å². The molecular formula is C29H36FN5O4. The van der Waals surface area contributed by atoms with Gasteiger partial charge in [-0.1, -0.05) is 13.0 Å². The van der Waals surface area contributed by atoms with Crippen LogP contribution in [0, 0.1) is 31.5 Å². The topological polar surface area (TPSA) is 129 Å². The predicted molar refractivity (Wildman–Crippen MR) is 145 cm³/mol. The molecule has 0 unspecified atom stereocenters. The first-order valence-electron chi connectivity index (χ1n) is 13.7. The average Bonchev–Trinajstić information content (AvgIpc) is 3.66. The van der Waals surface area contributed by atoms with Gasteiger partial charge in [0.1, 0.15) is 35.2 Å². The summed E-state index contributed by atoms with van der Waals surface area (Å²) in [6, 6.07) is 3.35. The van der Waals surface area contributed by atoms with Crippen molar-refractivity contribution in [2.75, 3.05) is 6.61 Å². The zero-order valence-electron chi connectivity index (χ0n) is 22.8. The number of aliphatic hydroxyl groups is 1. The number of carbonyl (C=O) groups is 2. The summed E-state index contributed by atoms with van der Waals surface area (Å²) in [4.78, 5) is 37.5. The third-order valence-corrected chi connectivity index (χ3v) is 7.92. The highest BCUT2D eigenvalue weighted by Crippen LogP contribution is 2.39. The van der Waals surface area contributed by atoms with Gasteiger partial charge in [-0.3, -0.25) is 9.59 Å². The van der Waals surface area contributed by atoms with Crippen molar-refractivity contribution >= 4 is 22.8 Å². The summed E-state index contributed by atoms with van der Waals surface area (Å²) >= 11 is 0. The molecule has 0 bridgehead atoms. The Balaban J connectivity index is 1.40. The van der Waals surface area contributed by atoms with Crippen molar-refractivity contribution < 1.29 is 23.8 Å². The molecule has 2 aromatic heterocycles. The summed E-state index contributed by atoms with van der Waals surface area (Å²) in [5, 5.41) is 15.5. The van der Waals surface area contributed by atoms with Crippen LogP contribution in [0.3, 0.4) is 0 Å². The van der Waals surface area contributed by atoms with E-state index in [4.69, 9.17) is 4.74 Å². The molecule has 5 rings (SSSR count). The number of carbonyl (C=O) groups excluding carboxylic acids is 2. The standard InChI is InChI=1S/C29H36FN5O4/c1-14-5-10-21(39-12-18-6-7-18)23(24(14)30)26-27-25(31-13-32-26)22(16(3)33-27)29(38)35-20-9-8-19(11-15(20)2)34-28(37)17(4)36/h5,10,13,15,17-20,33,36H,6-9,11-12H2,1-4H3,(H,34,37)(H,35,38)/t15-,17+,19+,20-/m1/s1. The lowest BCUT2D eigenvalue weighted by Crippen LogP contribution is -2.49. The number of nitrogens with zero attached hydrogens (tertiary/aromatic N) is 2. The minimum Gasteiger partial charge on any atom is -0.492 e. The van der Waals surface area contributed by atoms with Crippen LogP contribution in [0.2, 0.25) is 0 Å². The van der Waals surface area contributed by atoms with Gasteiger partial charge in [-0.05, 0) is 76.3 Å². The lowest BCUT2D eigenvalue weighted by molar-refractivity contribution is -0.129. The summed E-state index contributed by atoms with van der Waals surface area (Å²) in [5.41, 5.74) is 3.03. The molecule has 4 atom stereocenters. The molecule has 0 saturated heterocycles. The fourth-order valence-corrected chi connectivity index (χ4v) is 5.39. The lowest BCUT2D eigenvalue weighted by atomic mass is 9.82. The van der Waals surface area contributed by atoms with Crippen LogP contribution in [0.5, 0.6) is 5.75 Å². The highest BCUT2D eigenvalue weighted by molar-refractivity contribution is 6.09. The molecule has 3 aromatic rings. The summed E-state index contributed by atoms with van der Waals surface area (Å²) in [5.74, 6) is -0.00777. The number of amides is 2. The molecule has 2 aliphatic rings. The van der Waals surface area contributed by atoms with E-state index in [1.54, 1.807) is 26.0 Å². The number of aliphatic hydroxyl groups excluding tert-OH is 1. The lowest BCUT2D eigenvalue weighted by Gasteiger charge is -2.35. The molecule has 208 valence electrons. The van der Waals surface area contributed by atoms with Gasteiger partial charge >= 0.3 is 0 Å². The Morgan fingerprint density at radius 3 is 2.64 bits per heavy atom. The van der Waals surface area contributed by atoms with Crippen LogP contribution in [-0.4, -0.2) is 56.7 Å². The van der Waals surface area contributed by atoms with Crippen LogP contribution >= 0.6 is 0 Å². The molecule has 4 N–H and O–H groups in total.